The summed E-state index contributed by atoms with van der Waals surface area (Å²) in [6, 6.07) is 0. The van der Waals surface area contributed by atoms with Gasteiger partial charge >= 0.3 is 43.3 Å². The predicted molar refractivity (Wildman–Crippen MR) is 28.6 cm³/mol. The molecule has 0 saturated carbocycles. The van der Waals surface area contributed by atoms with Crippen LogP contribution in [0.15, 0.2) is 0 Å². The van der Waals surface area contributed by atoms with Crippen LogP contribution >= 0.6 is 0 Å². The molecule has 0 aliphatic carbocycles. The molecule has 0 nitrogen and oxygen atoms in total. The molecule has 0 amide bonds. The fraction of sp³-hybridized carbons (Fsp3) is 0.750. The third-order valence-corrected chi connectivity index (χ3v) is 0.988. The van der Waals surface area contributed by atoms with Crippen LogP contribution in [-0.2, 0) is 0 Å². The van der Waals surface area contributed by atoms with Crippen molar-refractivity contribution in [3.05, 3.63) is 6.43 Å². The van der Waals surface area contributed by atoms with Gasteiger partial charge in [0, 0.05) is 0 Å². The van der Waals surface area contributed by atoms with E-state index in [-0.39, 0.29) is 18.9 Å². The Kier molecular flexibility index (Phi) is 4.95. The van der Waals surface area contributed by atoms with E-state index in [1.165, 1.54) is 0 Å². The van der Waals surface area contributed by atoms with Crippen LogP contribution in [-0.4, -0.2) is 36.9 Å². The second-order valence-corrected chi connectivity index (χ2v) is 1.91. The van der Waals surface area contributed by atoms with E-state index >= 15 is 0 Å². The number of alkyl halides is 7. The molecule has 0 saturated heterocycles. The summed E-state index contributed by atoms with van der Waals surface area (Å²) in [6.45, 7) is 0. The summed E-state index contributed by atoms with van der Waals surface area (Å²) < 4.78 is 102. The molecule has 0 aliphatic heterocycles. The second-order valence-electron chi connectivity index (χ2n) is 1.91. The Balaban J connectivity index is 0. The summed E-state index contributed by atoms with van der Waals surface area (Å²) in [7, 11) is 0. The van der Waals surface area contributed by atoms with E-state index in [1.807, 2.05) is 0 Å². The van der Waals surface area contributed by atoms with Crippen molar-refractivity contribution in [3.63, 3.8) is 0 Å². The molecule has 10 heteroatoms. The average Bonchev–Trinajstić information content (AvgIpc) is 1.84. The minimum atomic E-state index is -6.77. The van der Waals surface area contributed by atoms with Gasteiger partial charge in [0.2, 0.25) is 0 Å². The van der Waals surface area contributed by atoms with Crippen LogP contribution in [0.1, 0.15) is 0 Å². The van der Waals surface area contributed by atoms with Crippen LogP contribution in [0.4, 0.5) is 39.5 Å². The van der Waals surface area contributed by atoms with E-state index in [9.17, 15) is 39.5 Å². The quantitative estimate of drug-likeness (QED) is 0.502. The number of rotatable bonds is 2. The maximum atomic E-state index is 11.6. The zero-order chi connectivity index (χ0) is 11.1. The Hall–Kier alpha value is -0.0326. The monoisotopic (exact) mass is 227 g/mol. The standard InChI is InChI=1S/C4F9.Li.H/c5-1(6)2(7,8)3(9,10)4(11,12)13;;. The molecule has 0 spiro atoms. The Morgan fingerprint density at radius 1 is 0.714 bits per heavy atom. The van der Waals surface area contributed by atoms with Gasteiger partial charge in [-0.25, -0.2) is 0 Å². The van der Waals surface area contributed by atoms with Gasteiger partial charge in [0.05, 0.1) is 0 Å². The molecule has 14 heavy (non-hydrogen) atoms. The molecule has 0 aliphatic rings. The third kappa shape index (κ3) is 2.51. The first kappa shape index (κ1) is 16.4. The average molecular weight is 227 g/mol. The van der Waals surface area contributed by atoms with E-state index in [0.717, 1.165) is 0 Å². The van der Waals surface area contributed by atoms with Gasteiger partial charge in [-0.1, -0.05) is 0 Å². The molecule has 81 valence electrons. The molecule has 0 aromatic rings. The molecule has 0 heterocycles. The summed E-state index contributed by atoms with van der Waals surface area (Å²) in [5, 5.41) is 0. The van der Waals surface area contributed by atoms with Crippen LogP contribution in [0.3, 0.4) is 0 Å². The van der Waals surface area contributed by atoms with Crippen molar-refractivity contribution in [2.45, 2.75) is 18.0 Å². The van der Waals surface area contributed by atoms with Crippen molar-refractivity contribution in [1.82, 2.24) is 0 Å². The van der Waals surface area contributed by atoms with Crippen molar-refractivity contribution in [2.75, 3.05) is 0 Å². The Bertz CT molecular complexity index is 182. The van der Waals surface area contributed by atoms with Crippen molar-refractivity contribution < 1.29 is 39.5 Å². The first-order valence-electron chi connectivity index (χ1n) is 2.45. The molecule has 0 atom stereocenters. The molecular formula is C4HF9Li. The van der Waals surface area contributed by atoms with Gasteiger partial charge in [-0.2, -0.15) is 39.5 Å². The predicted octanol–water partition coefficient (Wildman–Crippen LogP) is 2.60. The van der Waals surface area contributed by atoms with Gasteiger partial charge in [0.1, 0.15) is 0 Å². The van der Waals surface area contributed by atoms with Gasteiger partial charge in [-0.15, -0.1) is 0 Å². The van der Waals surface area contributed by atoms with E-state index in [0.29, 0.717) is 0 Å². The van der Waals surface area contributed by atoms with Crippen molar-refractivity contribution >= 4 is 18.9 Å². The first-order chi connectivity index (χ1) is 5.44. The fourth-order valence-electron chi connectivity index (χ4n) is 0.297. The summed E-state index contributed by atoms with van der Waals surface area (Å²) in [5.74, 6) is -13.3. The van der Waals surface area contributed by atoms with Crippen LogP contribution in [0.5, 0.6) is 0 Å². The second kappa shape index (κ2) is 4.22. The minimum absolute atomic E-state index is 0. The van der Waals surface area contributed by atoms with E-state index in [4.69, 9.17) is 0 Å². The fourth-order valence-corrected chi connectivity index (χ4v) is 0.297. The van der Waals surface area contributed by atoms with Crippen molar-refractivity contribution in [1.29, 1.82) is 0 Å². The van der Waals surface area contributed by atoms with Crippen LogP contribution in [0, 0.1) is 6.43 Å². The van der Waals surface area contributed by atoms with Crippen LogP contribution in [0.25, 0.3) is 0 Å². The SMILES string of the molecule is F[C](F)C(F)(F)C(F)(F)C(F)(F)F.[LiH]. The molecular weight excluding hydrogens is 226 g/mol. The van der Waals surface area contributed by atoms with Crippen LogP contribution < -0.4 is 0 Å². The normalized spacial score (nSPS) is 14.1. The molecule has 0 unspecified atom stereocenters. The van der Waals surface area contributed by atoms with Gasteiger partial charge in [-0.05, 0) is 0 Å². The molecule has 1 radical (unpaired) electrons. The van der Waals surface area contributed by atoms with E-state index in [2.05, 4.69) is 0 Å². The van der Waals surface area contributed by atoms with Gasteiger partial charge in [-0.3, -0.25) is 0 Å². The zero-order valence-corrected chi connectivity index (χ0v) is 5.40. The number of halogens is 9. The summed E-state index contributed by atoms with van der Waals surface area (Å²) in [4.78, 5) is 0. The van der Waals surface area contributed by atoms with Gasteiger partial charge in [0.25, 0.3) is 0 Å². The molecule has 0 fully saturated rings. The Morgan fingerprint density at radius 2 is 1.00 bits per heavy atom. The van der Waals surface area contributed by atoms with E-state index < -0.39 is 24.4 Å². The first-order valence-corrected chi connectivity index (χ1v) is 2.45. The van der Waals surface area contributed by atoms with Gasteiger partial charge in [0.15, 0.2) is 0 Å². The van der Waals surface area contributed by atoms with E-state index in [1.54, 1.807) is 0 Å². The summed E-state index contributed by atoms with van der Waals surface area (Å²) in [6.07, 6.45) is -11.0. The molecule has 0 aromatic heterocycles. The third-order valence-electron chi connectivity index (χ3n) is 0.988. The van der Waals surface area contributed by atoms with Crippen molar-refractivity contribution in [3.8, 4) is 0 Å². The zero-order valence-electron chi connectivity index (χ0n) is 5.40. The summed E-state index contributed by atoms with van der Waals surface area (Å²) >= 11 is 0. The van der Waals surface area contributed by atoms with Crippen molar-refractivity contribution in [2.24, 2.45) is 0 Å². The van der Waals surface area contributed by atoms with Crippen LogP contribution in [0.2, 0.25) is 0 Å². The topological polar surface area (TPSA) is 0 Å². The van der Waals surface area contributed by atoms with Gasteiger partial charge < -0.3 is 0 Å². The number of hydrogen-bond acceptors (Lipinski definition) is 0. The Labute approximate surface area is 83.6 Å². The molecule has 0 aromatic carbocycles. The number of hydrogen-bond donors (Lipinski definition) is 0. The molecule has 0 N–H and O–H groups in total. The summed E-state index contributed by atoms with van der Waals surface area (Å²) in [5.41, 5.74) is 0. The molecule has 0 bridgehead atoms. The molecule has 0 rings (SSSR count). The Morgan fingerprint density at radius 3 is 1.07 bits per heavy atom. The maximum absolute atomic E-state index is 11.6.